The zero-order chi connectivity index (χ0) is 41.1. The zero-order valence-corrected chi connectivity index (χ0v) is 33.6. The van der Waals surface area contributed by atoms with E-state index in [-0.39, 0.29) is 31.0 Å². The number of hydrogen-bond acceptors (Lipinski definition) is 10. The lowest BCUT2D eigenvalue weighted by Crippen LogP contribution is -2.62. The number of carbonyl (C=O) groups is 6. The molecule has 17 nitrogen and oxygen atoms in total. The second-order valence-electron chi connectivity index (χ2n) is 15.6. The van der Waals surface area contributed by atoms with Gasteiger partial charge in [0.1, 0.15) is 30.3 Å². The maximum Gasteiger partial charge on any atom is 0.404 e. The van der Waals surface area contributed by atoms with E-state index in [1.54, 1.807) is 20.9 Å². The van der Waals surface area contributed by atoms with E-state index in [1.807, 2.05) is 13.8 Å². The molecule has 8 N–H and O–H groups in total. The maximum atomic E-state index is 14.2. The van der Waals surface area contributed by atoms with E-state index in [1.165, 1.54) is 4.90 Å². The van der Waals surface area contributed by atoms with Gasteiger partial charge < -0.3 is 56.3 Å². The Kier molecular flexibility index (Phi) is 21.5. The van der Waals surface area contributed by atoms with E-state index in [4.69, 9.17) is 9.47 Å². The van der Waals surface area contributed by atoms with Crippen molar-refractivity contribution in [3.63, 3.8) is 0 Å². The van der Waals surface area contributed by atoms with Crippen LogP contribution in [0.1, 0.15) is 105 Å². The molecule has 0 spiro atoms. The van der Waals surface area contributed by atoms with Crippen LogP contribution in [0, 0.1) is 17.8 Å². The predicted octanol–water partition coefficient (Wildman–Crippen LogP) is 1.04. The Bertz CT molecular complexity index is 1230. The fourth-order valence-electron chi connectivity index (χ4n) is 7.03. The van der Waals surface area contributed by atoms with Crippen molar-refractivity contribution in [2.45, 2.75) is 148 Å². The van der Waals surface area contributed by atoms with Crippen LogP contribution in [0.4, 0.5) is 4.79 Å². The molecule has 1 aliphatic carbocycles. The van der Waals surface area contributed by atoms with Crippen molar-refractivity contribution in [1.82, 2.24) is 31.5 Å². The summed E-state index contributed by atoms with van der Waals surface area (Å²) in [6.45, 7) is 7.50. The average Bonchev–Trinajstić information content (AvgIpc) is 3.15. The maximum absolute atomic E-state index is 14.2. The van der Waals surface area contributed by atoms with E-state index in [2.05, 4.69) is 33.5 Å². The summed E-state index contributed by atoms with van der Waals surface area (Å²) in [7, 11) is 1.58. The van der Waals surface area contributed by atoms with Gasteiger partial charge in [0, 0.05) is 13.1 Å². The van der Waals surface area contributed by atoms with Crippen molar-refractivity contribution in [3.05, 3.63) is 0 Å². The highest BCUT2D eigenvalue weighted by atomic mass is 16.5. The van der Waals surface area contributed by atoms with Crippen LogP contribution in [0.15, 0.2) is 0 Å². The van der Waals surface area contributed by atoms with E-state index in [0.717, 1.165) is 44.9 Å². The number of aliphatic hydroxyl groups is 2. The molecular formula is C38H68N6O11. The Morgan fingerprint density at radius 1 is 0.927 bits per heavy atom. The summed E-state index contributed by atoms with van der Waals surface area (Å²) in [5, 5.41) is 41.4. The van der Waals surface area contributed by atoms with Crippen molar-refractivity contribution in [2.75, 3.05) is 40.0 Å². The van der Waals surface area contributed by atoms with Crippen LogP contribution in [0.2, 0.25) is 0 Å². The Morgan fingerprint density at radius 2 is 1.58 bits per heavy atom. The molecule has 0 radical (unpaired) electrons. The lowest BCUT2D eigenvalue weighted by molar-refractivity contribution is -0.147. The third-order valence-electron chi connectivity index (χ3n) is 10.3. The number of carboxylic acid groups (broad SMARTS) is 1. The third-order valence-corrected chi connectivity index (χ3v) is 10.3. The highest BCUT2D eigenvalue weighted by Gasteiger charge is 2.39. The minimum atomic E-state index is -1.52. The molecule has 1 aliphatic heterocycles. The topological polar surface area (TPSA) is 245 Å². The molecule has 1 heterocycles. The largest absolute Gasteiger partial charge is 0.465 e. The molecule has 6 amide bonds. The Balaban J connectivity index is 2.62. The molecule has 0 aromatic heterocycles. The first kappa shape index (κ1) is 47.6. The molecule has 55 heavy (non-hydrogen) atoms. The number of hydrogen-bond donors (Lipinski definition) is 8. The summed E-state index contributed by atoms with van der Waals surface area (Å²) in [6.07, 6.45) is 5.27. The first-order valence-electron chi connectivity index (χ1n) is 20.0. The summed E-state index contributed by atoms with van der Waals surface area (Å²) in [5.41, 5.74) is 0. The van der Waals surface area contributed by atoms with Crippen LogP contribution >= 0.6 is 0 Å². The van der Waals surface area contributed by atoms with Crippen molar-refractivity contribution < 1.29 is 53.6 Å². The zero-order valence-electron chi connectivity index (χ0n) is 33.6. The normalized spacial score (nSPS) is 27.9. The number of aliphatic hydroxyl groups excluding tert-OH is 2. The highest BCUT2D eigenvalue weighted by molar-refractivity contribution is 5.96. The van der Waals surface area contributed by atoms with Crippen LogP contribution in [-0.2, 0) is 33.4 Å². The fraction of sp³-hybridized carbons (Fsp3) is 0.842. The van der Waals surface area contributed by atoms with E-state index >= 15 is 0 Å². The summed E-state index contributed by atoms with van der Waals surface area (Å²) in [6, 6.07) is -5.54. The van der Waals surface area contributed by atoms with E-state index in [0.29, 0.717) is 25.7 Å². The standard InChI is InChI=1S/C38H68N6O11/c1-7-8-9-13-16-31-25(5)37(51)44(6)30(17-23(2)3)35(49)43-32(26-14-11-10-12-15-26)36(50)41-28(18-39-38(52)53)33(47)42-29(22-54-21-27(46)19-45)34(48)40-24(4)20-55-31/h23-32,39,45-46H,7-22H2,1-6H3,(H,40,48)(H,41,50)(H,42,47)(H,43,49)(H,52,53)/t24-,25-,27+,28+,29+,30+,31-,32+/m1/s1. The number of ether oxygens (including phenoxy) is 2. The quantitative estimate of drug-likeness (QED) is 0.109. The summed E-state index contributed by atoms with van der Waals surface area (Å²) < 4.78 is 11.8. The fourth-order valence-corrected chi connectivity index (χ4v) is 7.03. The monoisotopic (exact) mass is 784 g/mol. The number of nitrogens with zero attached hydrogens (tertiary/aromatic N) is 1. The lowest BCUT2D eigenvalue weighted by Gasteiger charge is -2.36. The van der Waals surface area contributed by atoms with Gasteiger partial charge >= 0.3 is 6.09 Å². The van der Waals surface area contributed by atoms with Crippen LogP contribution < -0.4 is 26.6 Å². The van der Waals surface area contributed by atoms with Gasteiger partial charge in [-0.2, -0.15) is 0 Å². The minimum absolute atomic E-state index is 0.00872. The number of unbranched alkanes of at least 4 members (excludes halogenated alkanes) is 3. The Morgan fingerprint density at radius 3 is 2.20 bits per heavy atom. The van der Waals surface area contributed by atoms with Crippen LogP contribution in [-0.4, -0.2) is 138 Å². The predicted molar refractivity (Wildman–Crippen MR) is 204 cm³/mol. The molecule has 0 bridgehead atoms. The number of likely N-dealkylation sites (N-methyl/N-ethyl adjacent to an activating group) is 1. The van der Waals surface area contributed by atoms with E-state index < -0.39 is 97.8 Å². The summed E-state index contributed by atoms with van der Waals surface area (Å²) >= 11 is 0. The molecule has 0 unspecified atom stereocenters. The van der Waals surface area contributed by atoms with Gasteiger partial charge in [-0.1, -0.05) is 72.6 Å². The molecule has 2 aliphatic rings. The van der Waals surface area contributed by atoms with E-state index in [9.17, 15) is 44.1 Å². The van der Waals surface area contributed by atoms with Gasteiger partial charge in [-0.05, 0) is 44.4 Å². The van der Waals surface area contributed by atoms with Gasteiger partial charge in [0.15, 0.2) is 0 Å². The summed E-state index contributed by atoms with van der Waals surface area (Å²) in [4.78, 5) is 82.9. The Hall–Kier alpha value is -3.54. The van der Waals surface area contributed by atoms with Gasteiger partial charge in [0.05, 0.1) is 45.0 Å². The number of nitrogens with one attached hydrogen (secondary N) is 5. The highest BCUT2D eigenvalue weighted by Crippen LogP contribution is 2.28. The molecular weight excluding hydrogens is 716 g/mol. The second kappa shape index (κ2) is 24.9. The van der Waals surface area contributed by atoms with Gasteiger partial charge in [-0.25, -0.2) is 4.79 Å². The molecule has 316 valence electrons. The minimum Gasteiger partial charge on any atom is -0.465 e. The van der Waals surface area contributed by atoms with Gasteiger partial charge in [0.2, 0.25) is 29.5 Å². The van der Waals surface area contributed by atoms with Crippen LogP contribution in [0.5, 0.6) is 0 Å². The van der Waals surface area contributed by atoms with Crippen LogP contribution in [0.25, 0.3) is 0 Å². The summed E-state index contributed by atoms with van der Waals surface area (Å²) in [5.74, 6) is -4.07. The van der Waals surface area contributed by atoms with Crippen molar-refractivity contribution in [1.29, 1.82) is 0 Å². The molecule has 17 heteroatoms. The van der Waals surface area contributed by atoms with Gasteiger partial charge in [-0.3, -0.25) is 24.0 Å². The molecule has 1 saturated heterocycles. The third kappa shape index (κ3) is 16.6. The Labute approximate surface area is 325 Å². The number of rotatable bonds is 15. The first-order chi connectivity index (χ1) is 26.1. The van der Waals surface area contributed by atoms with Gasteiger partial charge in [-0.15, -0.1) is 0 Å². The molecule has 0 aromatic carbocycles. The first-order valence-corrected chi connectivity index (χ1v) is 20.0. The number of carbonyl (C=O) groups excluding carboxylic acids is 5. The SMILES string of the molecule is CCCCCC[C@H]1OC[C@@H](C)NC(=O)[C@H](COC[C@@H](O)CO)NC(=O)[C@H](CNC(=O)O)NC(=O)[C@H](C2CCCCC2)NC(=O)[C@H](CC(C)C)N(C)C(=O)[C@@H]1C. The smallest absolute Gasteiger partial charge is 0.404 e. The number of amides is 6. The second-order valence-corrected chi connectivity index (χ2v) is 15.6. The molecule has 2 rings (SSSR count). The lowest BCUT2D eigenvalue weighted by atomic mass is 9.83. The van der Waals surface area contributed by atoms with Crippen LogP contribution in [0.3, 0.4) is 0 Å². The van der Waals surface area contributed by atoms with Crippen molar-refractivity contribution in [2.24, 2.45) is 17.8 Å². The van der Waals surface area contributed by atoms with Crippen molar-refractivity contribution >= 4 is 35.6 Å². The molecule has 0 aromatic rings. The van der Waals surface area contributed by atoms with Gasteiger partial charge in [0.25, 0.3) is 0 Å². The van der Waals surface area contributed by atoms with Crippen molar-refractivity contribution in [3.8, 4) is 0 Å². The molecule has 2 fully saturated rings. The molecule has 8 atom stereocenters. The average molecular weight is 785 g/mol. The molecule has 1 saturated carbocycles.